The molecule has 2 fully saturated rings. The van der Waals surface area contributed by atoms with Crippen LogP contribution in [0, 0.1) is 16.7 Å². The molecule has 0 aromatic heterocycles. The molecule has 10 heavy (non-hydrogen) atoms. The fourth-order valence-corrected chi connectivity index (χ4v) is 3.07. The number of rotatable bonds is 0. The van der Waals surface area contributed by atoms with Gasteiger partial charge in [-0.3, -0.25) is 0 Å². The van der Waals surface area contributed by atoms with E-state index < -0.39 is 0 Å². The Morgan fingerprint density at radius 1 is 1.20 bits per heavy atom. The summed E-state index contributed by atoms with van der Waals surface area (Å²) in [4.78, 5) is 0. The van der Waals surface area contributed by atoms with Crippen LogP contribution >= 0.6 is 0 Å². The molecule has 0 N–H and O–H groups in total. The van der Waals surface area contributed by atoms with Gasteiger partial charge in [0.2, 0.25) is 0 Å². The first-order valence-corrected chi connectivity index (χ1v) is 4.54. The molecule has 1 spiro atoms. The summed E-state index contributed by atoms with van der Waals surface area (Å²) < 4.78 is 0. The van der Waals surface area contributed by atoms with Crippen LogP contribution in [0.2, 0.25) is 0 Å². The maximum Gasteiger partial charge on any atom is -0.0266 e. The highest BCUT2D eigenvalue weighted by Gasteiger charge is 2.55. The summed E-state index contributed by atoms with van der Waals surface area (Å²) in [5.41, 5.74) is 1.50. The zero-order chi connectivity index (χ0) is 7.41. The molecule has 0 aromatic carbocycles. The third kappa shape index (κ3) is 0.810. The third-order valence-electron chi connectivity index (χ3n) is 3.63. The van der Waals surface area contributed by atoms with E-state index in [1.165, 1.54) is 25.7 Å². The summed E-state index contributed by atoms with van der Waals surface area (Å²) in [5.74, 6) is 1.02. The molecule has 0 amide bonds. The van der Waals surface area contributed by atoms with Gasteiger partial charge in [0.1, 0.15) is 0 Å². The van der Waals surface area contributed by atoms with Crippen LogP contribution < -0.4 is 0 Å². The van der Waals surface area contributed by atoms with Crippen LogP contribution in [-0.2, 0) is 0 Å². The van der Waals surface area contributed by atoms with Crippen molar-refractivity contribution in [3.8, 4) is 0 Å². The molecule has 58 valence electrons. The molecular formula is C10H18. The summed E-state index contributed by atoms with van der Waals surface area (Å²) in [6, 6.07) is 0. The van der Waals surface area contributed by atoms with E-state index in [-0.39, 0.29) is 0 Å². The summed E-state index contributed by atoms with van der Waals surface area (Å²) in [6.07, 6.45) is 6.02. The average molecular weight is 138 g/mol. The molecule has 2 saturated carbocycles. The zero-order valence-electron chi connectivity index (χ0n) is 7.41. The van der Waals surface area contributed by atoms with Crippen molar-refractivity contribution in [2.45, 2.75) is 46.5 Å². The van der Waals surface area contributed by atoms with Gasteiger partial charge in [-0.05, 0) is 42.4 Å². The lowest BCUT2D eigenvalue weighted by Gasteiger charge is -2.15. The maximum atomic E-state index is 2.45. The van der Waals surface area contributed by atoms with Crippen molar-refractivity contribution < 1.29 is 0 Å². The first-order valence-electron chi connectivity index (χ1n) is 4.54. The molecule has 0 unspecified atom stereocenters. The van der Waals surface area contributed by atoms with Crippen molar-refractivity contribution in [1.82, 2.24) is 0 Å². The van der Waals surface area contributed by atoms with Gasteiger partial charge in [-0.25, -0.2) is 0 Å². The van der Waals surface area contributed by atoms with Crippen LogP contribution in [0.4, 0.5) is 0 Å². The topological polar surface area (TPSA) is 0 Å². The normalized spacial score (nSPS) is 40.5. The highest BCUT2D eigenvalue weighted by molar-refractivity contribution is 5.05. The summed E-state index contributed by atoms with van der Waals surface area (Å²) in [6.45, 7) is 7.30. The lowest BCUT2D eigenvalue weighted by Crippen LogP contribution is -2.04. The molecular weight excluding hydrogens is 120 g/mol. The molecule has 0 bridgehead atoms. The summed E-state index contributed by atoms with van der Waals surface area (Å²) in [7, 11) is 0. The summed E-state index contributed by atoms with van der Waals surface area (Å²) >= 11 is 0. The van der Waals surface area contributed by atoms with Gasteiger partial charge in [0.05, 0.1) is 0 Å². The fraction of sp³-hybridized carbons (Fsp3) is 1.00. The average Bonchev–Trinajstić information content (AvgIpc) is 2.40. The van der Waals surface area contributed by atoms with E-state index in [0.717, 1.165) is 11.3 Å². The Labute approximate surface area is 64.0 Å². The highest BCUT2D eigenvalue weighted by atomic mass is 14.6. The van der Waals surface area contributed by atoms with Crippen molar-refractivity contribution in [1.29, 1.82) is 0 Å². The van der Waals surface area contributed by atoms with E-state index in [1.807, 2.05) is 0 Å². The second kappa shape index (κ2) is 1.60. The van der Waals surface area contributed by atoms with Crippen molar-refractivity contribution in [2.24, 2.45) is 16.7 Å². The van der Waals surface area contributed by atoms with Gasteiger partial charge in [-0.2, -0.15) is 0 Å². The third-order valence-corrected chi connectivity index (χ3v) is 3.63. The molecule has 0 aliphatic heterocycles. The molecule has 2 rings (SSSR count). The lowest BCUT2D eigenvalue weighted by atomic mass is 9.90. The fourth-order valence-electron chi connectivity index (χ4n) is 3.07. The zero-order valence-corrected chi connectivity index (χ0v) is 7.41. The molecule has 2 aliphatic carbocycles. The van der Waals surface area contributed by atoms with Gasteiger partial charge in [-0.15, -0.1) is 0 Å². The van der Waals surface area contributed by atoms with Gasteiger partial charge < -0.3 is 0 Å². The number of hydrogen-bond donors (Lipinski definition) is 0. The second-order valence-electron chi connectivity index (χ2n) is 5.31. The Morgan fingerprint density at radius 3 is 2.00 bits per heavy atom. The molecule has 0 nitrogen and oxygen atoms in total. The Bertz CT molecular complexity index is 151. The minimum absolute atomic E-state index is 0.663. The highest BCUT2D eigenvalue weighted by Crippen LogP contribution is 2.66. The minimum Gasteiger partial charge on any atom is -0.0620 e. The largest absolute Gasteiger partial charge is 0.0620 e. The molecule has 0 saturated heterocycles. The smallest absolute Gasteiger partial charge is 0.0266 e. The van der Waals surface area contributed by atoms with E-state index in [9.17, 15) is 0 Å². The van der Waals surface area contributed by atoms with Gasteiger partial charge in [-0.1, -0.05) is 20.8 Å². The van der Waals surface area contributed by atoms with Crippen LogP contribution in [0.1, 0.15) is 46.5 Å². The van der Waals surface area contributed by atoms with Crippen molar-refractivity contribution in [3.63, 3.8) is 0 Å². The van der Waals surface area contributed by atoms with Crippen molar-refractivity contribution in [3.05, 3.63) is 0 Å². The molecule has 0 radical (unpaired) electrons. The van der Waals surface area contributed by atoms with Crippen molar-refractivity contribution in [2.75, 3.05) is 0 Å². The molecule has 0 aromatic rings. The lowest BCUT2D eigenvalue weighted by molar-refractivity contribution is 0.354. The van der Waals surface area contributed by atoms with Crippen LogP contribution in [0.3, 0.4) is 0 Å². The predicted molar refractivity (Wildman–Crippen MR) is 43.8 cm³/mol. The van der Waals surface area contributed by atoms with E-state index in [1.54, 1.807) is 0 Å². The minimum atomic E-state index is 0.663. The second-order valence-corrected chi connectivity index (χ2v) is 5.31. The van der Waals surface area contributed by atoms with E-state index in [4.69, 9.17) is 0 Å². The van der Waals surface area contributed by atoms with Crippen LogP contribution in [0.5, 0.6) is 0 Å². The monoisotopic (exact) mass is 138 g/mol. The predicted octanol–water partition coefficient (Wildman–Crippen LogP) is 3.22. The van der Waals surface area contributed by atoms with Crippen molar-refractivity contribution >= 4 is 0 Å². The number of hydrogen-bond acceptors (Lipinski definition) is 0. The first kappa shape index (κ1) is 6.69. The van der Waals surface area contributed by atoms with Crippen LogP contribution in [0.15, 0.2) is 0 Å². The molecule has 2 aliphatic rings. The Morgan fingerprint density at radius 2 is 1.80 bits per heavy atom. The van der Waals surface area contributed by atoms with Gasteiger partial charge in [0, 0.05) is 0 Å². The molecule has 0 heteroatoms. The first-order chi connectivity index (χ1) is 4.54. The maximum absolute atomic E-state index is 2.45. The SMILES string of the molecule is C[C@@H]1CC(C)(C)CC12CC2. The summed E-state index contributed by atoms with van der Waals surface area (Å²) in [5, 5.41) is 0. The Hall–Kier alpha value is 0. The standard InChI is InChI=1S/C10H18/c1-8-6-9(2,3)7-10(8)4-5-10/h8H,4-7H2,1-3H3/t8-/m1/s1. The van der Waals surface area contributed by atoms with Crippen LogP contribution in [-0.4, -0.2) is 0 Å². The van der Waals surface area contributed by atoms with E-state index >= 15 is 0 Å². The van der Waals surface area contributed by atoms with Gasteiger partial charge >= 0.3 is 0 Å². The van der Waals surface area contributed by atoms with Gasteiger partial charge in [0.25, 0.3) is 0 Å². The van der Waals surface area contributed by atoms with E-state index in [0.29, 0.717) is 5.41 Å². The van der Waals surface area contributed by atoms with Gasteiger partial charge in [0.15, 0.2) is 0 Å². The Kier molecular flexibility index (Phi) is 1.07. The molecule has 1 atom stereocenters. The molecule has 0 heterocycles. The van der Waals surface area contributed by atoms with E-state index in [2.05, 4.69) is 20.8 Å². The van der Waals surface area contributed by atoms with Crippen LogP contribution in [0.25, 0.3) is 0 Å². The Balaban J connectivity index is 2.15. The quantitative estimate of drug-likeness (QED) is 0.482.